The van der Waals surface area contributed by atoms with E-state index in [1.54, 1.807) is 0 Å². The molecule has 0 atom stereocenters. The van der Waals surface area contributed by atoms with Gasteiger partial charge in [-0.1, -0.05) is 78.5 Å². The van der Waals surface area contributed by atoms with Crippen molar-refractivity contribution in [3.8, 4) is 0 Å². The Hall–Kier alpha value is -2.42. The highest BCUT2D eigenvalue weighted by Crippen LogP contribution is 2.30. The maximum Gasteiger partial charge on any atom is 0.161 e. The molecule has 0 bridgehead atoms. The van der Waals surface area contributed by atoms with E-state index < -0.39 is 0 Å². The van der Waals surface area contributed by atoms with Gasteiger partial charge in [-0.3, -0.25) is 0 Å². The number of hydrogen-bond acceptors (Lipinski definition) is 1. The topological polar surface area (TPSA) is 0 Å². The lowest BCUT2D eigenvalue weighted by Crippen LogP contribution is -2.07. The van der Waals surface area contributed by atoms with Gasteiger partial charge >= 0.3 is 0 Å². The summed E-state index contributed by atoms with van der Waals surface area (Å²) in [4.78, 5) is 5.35. The fraction of sp³-hybridized carbons (Fsp3) is 0.0400. The Balaban J connectivity index is 1.55. The van der Waals surface area contributed by atoms with Crippen LogP contribution in [0, 0.1) is 0 Å². The molecule has 4 aromatic carbocycles. The minimum Gasteiger partial charge on any atom is -0.0901 e. The van der Waals surface area contributed by atoms with E-state index in [2.05, 4.69) is 115 Å². The van der Waals surface area contributed by atoms with Gasteiger partial charge in [-0.05, 0) is 48.5 Å². The lowest BCUT2D eigenvalue weighted by molar-refractivity contribution is 1.28. The van der Waals surface area contributed by atoms with Crippen LogP contribution in [0.15, 0.2) is 135 Å². The van der Waals surface area contributed by atoms with Crippen LogP contribution in [-0.2, 0) is 16.6 Å². The minimum atomic E-state index is 0.0464. The zero-order chi connectivity index (χ0) is 18.3. The van der Waals surface area contributed by atoms with Crippen molar-refractivity contribution in [1.29, 1.82) is 0 Å². The molecule has 2 heteroatoms. The Morgan fingerprint density at radius 3 is 1.44 bits per heavy atom. The summed E-state index contributed by atoms with van der Waals surface area (Å²) in [7, 11) is 0.0464. The molecule has 0 aliphatic rings. The second-order valence-corrected chi connectivity index (χ2v) is 9.38. The second kappa shape index (κ2) is 8.98. The molecule has 0 fully saturated rings. The fourth-order valence-electron chi connectivity index (χ4n) is 2.92. The molecule has 0 N–H and O–H groups in total. The quantitative estimate of drug-likeness (QED) is 0.320. The monoisotopic (exact) mass is 385 g/mol. The first kappa shape index (κ1) is 18.0. The van der Waals surface area contributed by atoms with E-state index in [1.165, 1.54) is 25.1 Å². The molecule has 0 aliphatic heterocycles. The van der Waals surface area contributed by atoms with Crippen LogP contribution in [0.3, 0.4) is 0 Å². The number of benzene rings is 4. The van der Waals surface area contributed by atoms with Crippen LogP contribution in [0.5, 0.6) is 0 Å². The average molecular weight is 386 g/mol. The van der Waals surface area contributed by atoms with Crippen molar-refractivity contribution in [2.24, 2.45) is 0 Å². The van der Waals surface area contributed by atoms with Crippen molar-refractivity contribution >= 4 is 22.7 Å². The van der Waals surface area contributed by atoms with E-state index in [1.807, 2.05) is 11.8 Å². The highest BCUT2D eigenvalue weighted by molar-refractivity contribution is 7.99. The standard InChI is InChI=1S/C25H21S2/c1-4-10-22(11-5-1)26-23-18-16-21(17-19-23)20-27(24-12-6-2-7-13-24)25-14-8-3-9-15-25/h1-19H,20H2/q+1. The van der Waals surface area contributed by atoms with Gasteiger partial charge in [0, 0.05) is 15.4 Å². The molecule has 0 unspecified atom stereocenters. The summed E-state index contributed by atoms with van der Waals surface area (Å²) in [6.45, 7) is 0. The van der Waals surface area contributed by atoms with Crippen molar-refractivity contribution in [2.45, 2.75) is 25.3 Å². The summed E-state index contributed by atoms with van der Waals surface area (Å²) < 4.78 is 0. The first-order valence-corrected chi connectivity index (χ1v) is 11.2. The Morgan fingerprint density at radius 2 is 0.926 bits per heavy atom. The van der Waals surface area contributed by atoms with Crippen molar-refractivity contribution in [2.75, 3.05) is 0 Å². The molecular formula is C25H21S2+. The predicted octanol–water partition coefficient (Wildman–Crippen LogP) is 7.07. The van der Waals surface area contributed by atoms with Crippen LogP contribution in [0.4, 0.5) is 0 Å². The summed E-state index contributed by atoms with van der Waals surface area (Å²) in [5, 5.41) is 0. The van der Waals surface area contributed by atoms with Crippen LogP contribution >= 0.6 is 11.8 Å². The molecule has 132 valence electrons. The summed E-state index contributed by atoms with van der Waals surface area (Å²) in [5.74, 6) is 1.03. The zero-order valence-corrected chi connectivity index (χ0v) is 16.6. The lowest BCUT2D eigenvalue weighted by atomic mass is 10.2. The van der Waals surface area contributed by atoms with Crippen molar-refractivity contribution < 1.29 is 0 Å². The Labute approximate surface area is 168 Å². The molecule has 0 spiro atoms. The molecule has 0 aliphatic carbocycles. The van der Waals surface area contributed by atoms with Gasteiger partial charge in [0.05, 0.1) is 10.9 Å². The van der Waals surface area contributed by atoms with Crippen LogP contribution < -0.4 is 0 Å². The minimum absolute atomic E-state index is 0.0464. The van der Waals surface area contributed by atoms with Crippen LogP contribution in [0.25, 0.3) is 0 Å². The molecule has 0 amide bonds. The van der Waals surface area contributed by atoms with Crippen LogP contribution in [0.2, 0.25) is 0 Å². The molecule has 0 saturated heterocycles. The maximum atomic E-state index is 2.27. The fourth-order valence-corrected chi connectivity index (χ4v) is 5.86. The van der Waals surface area contributed by atoms with Gasteiger partial charge in [-0.25, -0.2) is 0 Å². The third-order valence-corrected chi connectivity index (χ3v) is 7.59. The van der Waals surface area contributed by atoms with Gasteiger partial charge in [-0.2, -0.15) is 0 Å². The van der Waals surface area contributed by atoms with Crippen molar-refractivity contribution in [3.63, 3.8) is 0 Å². The second-order valence-electron chi connectivity index (χ2n) is 6.22. The van der Waals surface area contributed by atoms with Gasteiger partial charge in [0.1, 0.15) is 5.75 Å². The van der Waals surface area contributed by atoms with Gasteiger partial charge in [-0.15, -0.1) is 0 Å². The molecule has 4 aromatic rings. The van der Waals surface area contributed by atoms with E-state index in [0.717, 1.165) is 5.75 Å². The number of rotatable bonds is 6. The Kier molecular flexibility index (Phi) is 5.98. The Bertz CT molecular complexity index is 910. The third kappa shape index (κ3) is 4.85. The van der Waals surface area contributed by atoms with E-state index in [-0.39, 0.29) is 10.9 Å². The number of hydrogen-bond donors (Lipinski definition) is 0. The maximum absolute atomic E-state index is 2.27. The molecule has 4 rings (SSSR count). The van der Waals surface area contributed by atoms with Crippen LogP contribution in [0.1, 0.15) is 5.56 Å². The summed E-state index contributed by atoms with van der Waals surface area (Å²) >= 11 is 1.81. The molecule has 0 radical (unpaired) electrons. The largest absolute Gasteiger partial charge is 0.161 e. The van der Waals surface area contributed by atoms with Gasteiger partial charge in [0.15, 0.2) is 9.79 Å². The molecule has 0 aromatic heterocycles. The van der Waals surface area contributed by atoms with Crippen molar-refractivity contribution in [3.05, 3.63) is 121 Å². The normalized spacial score (nSPS) is 10.9. The van der Waals surface area contributed by atoms with Crippen LogP contribution in [-0.4, -0.2) is 0 Å². The first-order chi connectivity index (χ1) is 13.4. The van der Waals surface area contributed by atoms with Gasteiger partial charge in [0.2, 0.25) is 0 Å². The third-order valence-electron chi connectivity index (χ3n) is 4.27. The van der Waals surface area contributed by atoms with E-state index in [4.69, 9.17) is 0 Å². The summed E-state index contributed by atoms with van der Waals surface area (Å²) in [6.07, 6.45) is 0. The lowest BCUT2D eigenvalue weighted by Gasteiger charge is -2.09. The molecule has 0 nitrogen and oxygen atoms in total. The van der Waals surface area contributed by atoms with Gasteiger partial charge < -0.3 is 0 Å². The first-order valence-electron chi connectivity index (χ1n) is 9.01. The van der Waals surface area contributed by atoms with E-state index in [0.29, 0.717) is 0 Å². The molecular weight excluding hydrogens is 364 g/mol. The SMILES string of the molecule is c1ccc(Sc2ccc(C[S+](c3ccccc3)c3ccccc3)cc2)cc1. The average Bonchev–Trinajstić information content (AvgIpc) is 2.75. The van der Waals surface area contributed by atoms with Gasteiger partial charge in [0.25, 0.3) is 0 Å². The highest BCUT2D eigenvalue weighted by Gasteiger charge is 2.25. The molecule has 27 heavy (non-hydrogen) atoms. The zero-order valence-electron chi connectivity index (χ0n) is 15.0. The molecule has 0 saturated carbocycles. The smallest absolute Gasteiger partial charge is 0.0901 e. The highest BCUT2D eigenvalue weighted by atomic mass is 32.2. The van der Waals surface area contributed by atoms with Crippen molar-refractivity contribution in [1.82, 2.24) is 0 Å². The van der Waals surface area contributed by atoms with E-state index >= 15 is 0 Å². The Morgan fingerprint density at radius 1 is 0.481 bits per heavy atom. The summed E-state index contributed by atoms with van der Waals surface area (Å²) in [5.41, 5.74) is 1.38. The summed E-state index contributed by atoms with van der Waals surface area (Å²) in [6, 6.07) is 41.3. The molecule has 0 heterocycles. The predicted molar refractivity (Wildman–Crippen MR) is 117 cm³/mol. The van der Waals surface area contributed by atoms with E-state index in [9.17, 15) is 0 Å².